The van der Waals surface area contributed by atoms with Crippen LogP contribution < -0.4 is 15.3 Å². The number of methoxy groups -OCH3 is 1. The van der Waals surface area contributed by atoms with Gasteiger partial charge in [0.1, 0.15) is 17.5 Å². The zero-order chi connectivity index (χ0) is 17.9. The molecule has 0 aliphatic carbocycles. The number of ether oxygens (including phenoxy) is 1. The molecule has 0 unspecified atom stereocenters. The first-order valence-electron chi connectivity index (χ1n) is 8.71. The van der Waals surface area contributed by atoms with Crippen LogP contribution in [0.25, 0.3) is 11.1 Å². The summed E-state index contributed by atoms with van der Waals surface area (Å²) in [4.78, 5) is 20.2. The number of hydrogen-bond acceptors (Lipinski definition) is 6. The SMILES string of the molecule is COc1ccc(N2CCN(Cc3ccc4oc(=O)cnc4c3)CC2)cc1. The molecule has 0 bridgehead atoms. The van der Waals surface area contributed by atoms with E-state index in [9.17, 15) is 4.79 Å². The van der Waals surface area contributed by atoms with Gasteiger partial charge in [-0.1, -0.05) is 6.07 Å². The second kappa shape index (κ2) is 7.17. The Morgan fingerprint density at radius 3 is 2.58 bits per heavy atom. The quantitative estimate of drug-likeness (QED) is 0.720. The first-order chi connectivity index (χ1) is 12.7. The summed E-state index contributed by atoms with van der Waals surface area (Å²) in [7, 11) is 1.68. The van der Waals surface area contributed by atoms with Crippen LogP contribution >= 0.6 is 0 Å². The van der Waals surface area contributed by atoms with E-state index in [1.807, 2.05) is 30.3 Å². The third kappa shape index (κ3) is 3.55. The maximum atomic E-state index is 11.2. The molecule has 2 heterocycles. The van der Waals surface area contributed by atoms with Crippen LogP contribution in [0.2, 0.25) is 0 Å². The molecule has 2 aromatic carbocycles. The van der Waals surface area contributed by atoms with E-state index in [4.69, 9.17) is 9.15 Å². The van der Waals surface area contributed by atoms with Crippen molar-refractivity contribution in [2.45, 2.75) is 6.54 Å². The van der Waals surface area contributed by atoms with Gasteiger partial charge in [0.25, 0.3) is 0 Å². The highest BCUT2D eigenvalue weighted by Gasteiger charge is 2.17. The summed E-state index contributed by atoms with van der Waals surface area (Å²) in [5, 5.41) is 0. The zero-order valence-electron chi connectivity index (χ0n) is 14.7. The zero-order valence-corrected chi connectivity index (χ0v) is 14.7. The maximum Gasteiger partial charge on any atom is 0.354 e. The van der Waals surface area contributed by atoms with Gasteiger partial charge in [0.05, 0.1) is 7.11 Å². The lowest BCUT2D eigenvalue weighted by Crippen LogP contribution is -2.45. The summed E-state index contributed by atoms with van der Waals surface area (Å²) in [6.45, 7) is 4.86. The molecular weight excluding hydrogens is 330 g/mol. The molecule has 0 N–H and O–H groups in total. The van der Waals surface area contributed by atoms with E-state index >= 15 is 0 Å². The van der Waals surface area contributed by atoms with Gasteiger partial charge in [0, 0.05) is 38.4 Å². The second-order valence-corrected chi connectivity index (χ2v) is 6.44. The highest BCUT2D eigenvalue weighted by Crippen LogP contribution is 2.21. The van der Waals surface area contributed by atoms with Crippen LogP contribution in [0.15, 0.2) is 57.9 Å². The van der Waals surface area contributed by atoms with Gasteiger partial charge in [0.2, 0.25) is 0 Å². The third-order valence-corrected chi connectivity index (χ3v) is 4.76. The highest BCUT2D eigenvalue weighted by molar-refractivity contribution is 5.72. The van der Waals surface area contributed by atoms with Crippen molar-refractivity contribution in [3.63, 3.8) is 0 Å². The van der Waals surface area contributed by atoms with E-state index in [2.05, 4.69) is 26.9 Å². The van der Waals surface area contributed by atoms with Crippen LogP contribution in [-0.4, -0.2) is 43.2 Å². The lowest BCUT2D eigenvalue weighted by atomic mass is 10.1. The Hall–Kier alpha value is -2.86. The van der Waals surface area contributed by atoms with Crippen LogP contribution in [-0.2, 0) is 6.54 Å². The minimum absolute atomic E-state index is 0.417. The Kier molecular flexibility index (Phi) is 4.58. The molecule has 0 spiro atoms. The van der Waals surface area contributed by atoms with Gasteiger partial charge in [-0.15, -0.1) is 0 Å². The number of rotatable bonds is 4. The predicted molar refractivity (Wildman–Crippen MR) is 101 cm³/mol. The summed E-state index contributed by atoms with van der Waals surface area (Å²) in [5.41, 5.74) is 3.25. The van der Waals surface area contributed by atoms with Crippen LogP contribution in [0.4, 0.5) is 5.69 Å². The standard InChI is InChI=1S/C20H21N3O3/c1-25-17-5-3-16(4-6-17)23-10-8-22(9-11-23)14-15-2-7-19-18(12-15)21-13-20(24)26-19/h2-7,12-13H,8-11,14H2,1H3. The summed E-state index contributed by atoms with van der Waals surface area (Å²) >= 11 is 0. The first-order valence-corrected chi connectivity index (χ1v) is 8.71. The number of piperazine rings is 1. The van der Waals surface area contributed by atoms with Gasteiger partial charge in [0.15, 0.2) is 5.58 Å². The van der Waals surface area contributed by atoms with Crippen LogP contribution in [0.5, 0.6) is 5.75 Å². The van der Waals surface area contributed by atoms with Gasteiger partial charge in [-0.25, -0.2) is 9.78 Å². The topological polar surface area (TPSA) is 58.8 Å². The molecule has 6 heteroatoms. The Morgan fingerprint density at radius 2 is 1.85 bits per heavy atom. The largest absolute Gasteiger partial charge is 0.497 e. The highest BCUT2D eigenvalue weighted by atomic mass is 16.5. The first kappa shape index (κ1) is 16.6. The van der Waals surface area contributed by atoms with Gasteiger partial charge in [-0.05, 0) is 42.0 Å². The van der Waals surface area contributed by atoms with Crippen molar-refractivity contribution in [3.05, 3.63) is 64.6 Å². The number of hydrogen-bond donors (Lipinski definition) is 0. The predicted octanol–water partition coefficient (Wildman–Crippen LogP) is 2.52. The molecule has 3 aromatic rings. The third-order valence-electron chi connectivity index (χ3n) is 4.76. The molecule has 134 valence electrons. The molecule has 1 fully saturated rings. The Balaban J connectivity index is 1.38. The van der Waals surface area contributed by atoms with Crippen molar-refractivity contribution in [1.82, 2.24) is 9.88 Å². The van der Waals surface area contributed by atoms with Crippen LogP contribution in [0.1, 0.15) is 5.56 Å². The smallest absolute Gasteiger partial charge is 0.354 e. The monoisotopic (exact) mass is 351 g/mol. The fraction of sp³-hybridized carbons (Fsp3) is 0.300. The van der Waals surface area contributed by atoms with Crippen LogP contribution in [0.3, 0.4) is 0 Å². The molecule has 1 aliphatic heterocycles. The van der Waals surface area contributed by atoms with Crippen molar-refractivity contribution in [2.75, 3.05) is 38.2 Å². The van der Waals surface area contributed by atoms with Crippen molar-refractivity contribution in [3.8, 4) is 5.75 Å². The molecule has 26 heavy (non-hydrogen) atoms. The normalized spacial score (nSPS) is 15.3. The van der Waals surface area contributed by atoms with E-state index in [1.165, 1.54) is 17.4 Å². The molecule has 0 radical (unpaired) electrons. The number of aromatic nitrogens is 1. The van der Waals surface area contributed by atoms with E-state index in [1.54, 1.807) is 7.11 Å². The molecular formula is C20H21N3O3. The molecule has 0 amide bonds. The lowest BCUT2D eigenvalue weighted by molar-refractivity contribution is 0.250. The Labute approximate surface area is 151 Å². The second-order valence-electron chi connectivity index (χ2n) is 6.44. The molecule has 1 aliphatic rings. The average molecular weight is 351 g/mol. The van der Waals surface area contributed by atoms with Crippen molar-refractivity contribution in [1.29, 1.82) is 0 Å². The van der Waals surface area contributed by atoms with Crippen LogP contribution in [0, 0.1) is 0 Å². The van der Waals surface area contributed by atoms with Gasteiger partial charge in [-0.2, -0.15) is 0 Å². The molecule has 4 rings (SSSR count). The summed E-state index contributed by atoms with van der Waals surface area (Å²) in [5.74, 6) is 0.883. The number of benzene rings is 2. The maximum absolute atomic E-state index is 11.2. The fourth-order valence-electron chi connectivity index (χ4n) is 3.32. The van der Waals surface area contributed by atoms with Gasteiger partial charge in [-0.3, -0.25) is 4.90 Å². The average Bonchev–Trinajstić information content (AvgIpc) is 2.69. The lowest BCUT2D eigenvalue weighted by Gasteiger charge is -2.36. The van der Waals surface area contributed by atoms with Crippen molar-refractivity contribution < 1.29 is 9.15 Å². The van der Waals surface area contributed by atoms with Crippen molar-refractivity contribution >= 4 is 16.8 Å². The Bertz CT molecular complexity index is 944. The number of anilines is 1. The summed E-state index contributed by atoms with van der Waals surface area (Å²) in [6, 6.07) is 14.0. The van der Waals surface area contributed by atoms with E-state index < -0.39 is 5.63 Å². The van der Waals surface area contributed by atoms with E-state index in [-0.39, 0.29) is 0 Å². The fourth-order valence-corrected chi connectivity index (χ4v) is 3.32. The Morgan fingerprint density at radius 1 is 1.08 bits per heavy atom. The molecule has 1 aromatic heterocycles. The number of nitrogens with zero attached hydrogens (tertiary/aromatic N) is 3. The molecule has 1 saturated heterocycles. The summed E-state index contributed by atoms with van der Waals surface area (Å²) < 4.78 is 10.4. The minimum atomic E-state index is -0.417. The van der Waals surface area contributed by atoms with Gasteiger partial charge < -0.3 is 14.1 Å². The molecule has 0 atom stereocenters. The molecule has 0 saturated carbocycles. The van der Waals surface area contributed by atoms with E-state index in [0.29, 0.717) is 5.58 Å². The minimum Gasteiger partial charge on any atom is -0.497 e. The van der Waals surface area contributed by atoms with Gasteiger partial charge >= 0.3 is 5.63 Å². The van der Waals surface area contributed by atoms with E-state index in [0.717, 1.165) is 44.0 Å². The van der Waals surface area contributed by atoms with Crippen molar-refractivity contribution in [2.24, 2.45) is 0 Å². The number of fused-ring (bicyclic) bond motifs is 1. The molecule has 6 nitrogen and oxygen atoms in total. The summed E-state index contributed by atoms with van der Waals surface area (Å²) in [6.07, 6.45) is 1.22.